The highest BCUT2D eigenvalue weighted by Gasteiger charge is 2.36. The number of hydrogen-bond donors (Lipinski definition) is 1. The quantitative estimate of drug-likeness (QED) is 0.932. The molecule has 2 fully saturated rings. The molecule has 2 heteroatoms. The van der Waals surface area contributed by atoms with Crippen LogP contribution in [0.15, 0.2) is 42.5 Å². The van der Waals surface area contributed by atoms with Gasteiger partial charge in [0, 0.05) is 24.4 Å². The van der Waals surface area contributed by atoms with Crippen LogP contribution in [-0.4, -0.2) is 17.9 Å². The Kier molecular flexibility index (Phi) is 3.27. The molecular weight excluding hydrogens is 258 g/mol. The lowest BCUT2D eigenvalue weighted by atomic mass is 9.85. The van der Waals surface area contributed by atoms with E-state index in [0.29, 0.717) is 24.3 Å². The lowest BCUT2D eigenvalue weighted by molar-refractivity contribution is -0.123. The third-order valence-corrected chi connectivity index (χ3v) is 5.17. The van der Waals surface area contributed by atoms with Gasteiger partial charge in [0.1, 0.15) is 5.78 Å². The Hall–Kier alpha value is -1.67. The van der Waals surface area contributed by atoms with E-state index in [0.717, 1.165) is 12.8 Å². The molecule has 0 radical (unpaired) electrons. The van der Waals surface area contributed by atoms with Gasteiger partial charge in [0.25, 0.3) is 0 Å². The number of piperidine rings is 1. The SMILES string of the molecule is O=C(Cc1cccc2ccccc12)C1CC2CCC(C1)N2. The average Bonchev–Trinajstić information content (AvgIpc) is 2.86. The summed E-state index contributed by atoms with van der Waals surface area (Å²) in [6.07, 6.45) is 5.18. The first-order valence-corrected chi connectivity index (χ1v) is 8.05. The van der Waals surface area contributed by atoms with Crippen molar-refractivity contribution in [3.05, 3.63) is 48.0 Å². The molecule has 0 amide bonds. The number of nitrogens with one attached hydrogen (secondary N) is 1. The van der Waals surface area contributed by atoms with Gasteiger partial charge in [-0.05, 0) is 42.0 Å². The molecule has 0 aromatic heterocycles. The Labute approximate surface area is 125 Å². The molecule has 0 spiro atoms. The minimum atomic E-state index is 0.266. The molecule has 2 aliphatic heterocycles. The van der Waals surface area contributed by atoms with Crippen LogP contribution in [0.1, 0.15) is 31.2 Å². The fourth-order valence-electron chi connectivity index (χ4n) is 4.10. The minimum Gasteiger partial charge on any atom is -0.311 e. The number of benzene rings is 2. The molecule has 2 atom stereocenters. The maximum Gasteiger partial charge on any atom is 0.140 e. The number of carbonyl (C=O) groups is 1. The summed E-state index contributed by atoms with van der Waals surface area (Å²) in [7, 11) is 0. The van der Waals surface area contributed by atoms with Crippen molar-refractivity contribution in [1.29, 1.82) is 0 Å². The van der Waals surface area contributed by atoms with Gasteiger partial charge >= 0.3 is 0 Å². The van der Waals surface area contributed by atoms with E-state index >= 15 is 0 Å². The average molecular weight is 279 g/mol. The van der Waals surface area contributed by atoms with Crippen LogP contribution in [0.5, 0.6) is 0 Å². The largest absolute Gasteiger partial charge is 0.311 e. The van der Waals surface area contributed by atoms with Crippen molar-refractivity contribution >= 4 is 16.6 Å². The molecule has 2 bridgehead atoms. The van der Waals surface area contributed by atoms with Gasteiger partial charge in [0.15, 0.2) is 0 Å². The highest BCUT2D eigenvalue weighted by Crippen LogP contribution is 2.32. The number of fused-ring (bicyclic) bond motifs is 3. The second-order valence-electron chi connectivity index (χ2n) is 6.59. The highest BCUT2D eigenvalue weighted by atomic mass is 16.1. The van der Waals surface area contributed by atoms with Crippen LogP contribution in [0.4, 0.5) is 0 Å². The molecule has 21 heavy (non-hydrogen) atoms. The Morgan fingerprint density at radius 3 is 2.52 bits per heavy atom. The van der Waals surface area contributed by atoms with Crippen molar-refractivity contribution in [2.24, 2.45) is 5.92 Å². The van der Waals surface area contributed by atoms with Gasteiger partial charge in [0.05, 0.1) is 0 Å². The molecular formula is C19H21NO. The first-order chi connectivity index (χ1) is 10.3. The van der Waals surface area contributed by atoms with Crippen LogP contribution in [0, 0.1) is 5.92 Å². The van der Waals surface area contributed by atoms with Crippen LogP contribution in [0.3, 0.4) is 0 Å². The maximum atomic E-state index is 12.7. The highest BCUT2D eigenvalue weighted by molar-refractivity contribution is 5.91. The number of Topliss-reactive ketones (excluding diaryl/α,β-unsaturated/α-hetero) is 1. The summed E-state index contributed by atoms with van der Waals surface area (Å²) in [5, 5.41) is 6.07. The molecule has 1 N–H and O–H groups in total. The molecule has 2 nitrogen and oxygen atoms in total. The van der Waals surface area contributed by atoms with Gasteiger partial charge in [-0.2, -0.15) is 0 Å². The molecule has 4 rings (SSSR count). The van der Waals surface area contributed by atoms with Crippen LogP contribution in [0.25, 0.3) is 10.8 Å². The van der Waals surface area contributed by atoms with Gasteiger partial charge < -0.3 is 5.32 Å². The minimum absolute atomic E-state index is 0.266. The fraction of sp³-hybridized carbons (Fsp3) is 0.421. The van der Waals surface area contributed by atoms with Crippen molar-refractivity contribution < 1.29 is 4.79 Å². The monoisotopic (exact) mass is 279 g/mol. The van der Waals surface area contributed by atoms with E-state index in [2.05, 4.69) is 47.8 Å². The zero-order chi connectivity index (χ0) is 14.2. The first-order valence-electron chi connectivity index (χ1n) is 8.05. The van der Waals surface area contributed by atoms with Crippen molar-refractivity contribution in [2.45, 2.75) is 44.2 Å². The van der Waals surface area contributed by atoms with Crippen LogP contribution in [0.2, 0.25) is 0 Å². The third kappa shape index (κ3) is 2.49. The summed E-state index contributed by atoms with van der Waals surface area (Å²) in [6.45, 7) is 0. The molecule has 2 saturated heterocycles. The van der Waals surface area contributed by atoms with Gasteiger partial charge in [0.2, 0.25) is 0 Å². The first kappa shape index (κ1) is 13.0. The number of hydrogen-bond acceptors (Lipinski definition) is 2. The van der Waals surface area contributed by atoms with Crippen LogP contribution in [-0.2, 0) is 11.2 Å². The van der Waals surface area contributed by atoms with Crippen molar-refractivity contribution in [2.75, 3.05) is 0 Å². The molecule has 2 heterocycles. The lowest BCUT2D eigenvalue weighted by Gasteiger charge is -2.28. The number of ketones is 1. The summed E-state index contributed by atoms with van der Waals surface area (Å²) >= 11 is 0. The summed E-state index contributed by atoms with van der Waals surface area (Å²) in [4.78, 5) is 12.7. The topological polar surface area (TPSA) is 29.1 Å². The summed E-state index contributed by atoms with van der Waals surface area (Å²) in [6, 6.07) is 15.8. The smallest absolute Gasteiger partial charge is 0.140 e. The Morgan fingerprint density at radius 1 is 1.00 bits per heavy atom. The zero-order valence-corrected chi connectivity index (χ0v) is 12.2. The van der Waals surface area contributed by atoms with E-state index in [4.69, 9.17) is 0 Å². The number of carbonyl (C=O) groups excluding carboxylic acids is 1. The molecule has 2 aromatic rings. The van der Waals surface area contributed by atoms with E-state index in [9.17, 15) is 4.79 Å². The van der Waals surface area contributed by atoms with E-state index in [1.807, 2.05) is 0 Å². The van der Waals surface area contributed by atoms with Gasteiger partial charge in [-0.1, -0.05) is 42.5 Å². The van der Waals surface area contributed by atoms with E-state index < -0.39 is 0 Å². The molecule has 108 valence electrons. The van der Waals surface area contributed by atoms with Gasteiger partial charge in [-0.25, -0.2) is 0 Å². The van der Waals surface area contributed by atoms with Crippen LogP contribution >= 0.6 is 0 Å². The van der Waals surface area contributed by atoms with Gasteiger partial charge in [-0.3, -0.25) is 4.79 Å². The van der Waals surface area contributed by atoms with E-state index in [1.54, 1.807) is 0 Å². The van der Waals surface area contributed by atoms with Gasteiger partial charge in [-0.15, -0.1) is 0 Å². The standard InChI is InChI=1S/C19H21NO/c21-19(15-10-16-8-9-17(11-15)20-16)12-14-6-3-5-13-4-1-2-7-18(13)14/h1-7,15-17,20H,8-12H2. The number of rotatable bonds is 3. The molecule has 0 saturated carbocycles. The Bertz CT molecular complexity index is 661. The normalized spacial score (nSPS) is 27.9. The lowest BCUT2D eigenvalue weighted by Crippen LogP contribution is -2.40. The van der Waals surface area contributed by atoms with E-state index in [1.165, 1.54) is 29.2 Å². The van der Waals surface area contributed by atoms with Crippen LogP contribution < -0.4 is 5.32 Å². The molecule has 0 aliphatic carbocycles. The summed E-state index contributed by atoms with van der Waals surface area (Å²) < 4.78 is 0. The molecule has 2 aromatic carbocycles. The molecule has 2 unspecified atom stereocenters. The maximum absolute atomic E-state index is 12.7. The molecule has 2 aliphatic rings. The fourth-order valence-corrected chi connectivity index (χ4v) is 4.10. The van der Waals surface area contributed by atoms with Crippen molar-refractivity contribution in [1.82, 2.24) is 5.32 Å². The zero-order valence-electron chi connectivity index (χ0n) is 12.2. The summed E-state index contributed by atoms with van der Waals surface area (Å²) in [5.41, 5.74) is 1.18. The van der Waals surface area contributed by atoms with Crippen molar-refractivity contribution in [3.8, 4) is 0 Å². The Balaban J connectivity index is 1.56. The predicted molar refractivity (Wildman–Crippen MR) is 85.3 cm³/mol. The van der Waals surface area contributed by atoms with E-state index in [-0.39, 0.29) is 5.92 Å². The Morgan fingerprint density at radius 2 is 1.71 bits per heavy atom. The van der Waals surface area contributed by atoms with Crippen molar-refractivity contribution in [3.63, 3.8) is 0 Å². The predicted octanol–water partition coefficient (Wildman–Crippen LogP) is 3.48. The second kappa shape index (κ2) is 5.27. The second-order valence-corrected chi connectivity index (χ2v) is 6.59. The summed E-state index contributed by atoms with van der Waals surface area (Å²) in [5.74, 6) is 0.701. The third-order valence-electron chi connectivity index (χ3n) is 5.17.